The third-order valence-electron chi connectivity index (χ3n) is 8.94. The summed E-state index contributed by atoms with van der Waals surface area (Å²) in [5, 5.41) is 2.39. The van der Waals surface area contributed by atoms with Gasteiger partial charge in [0.1, 0.15) is 23.6 Å². The molecule has 2 aromatic carbocycles. The van der Waals surface area contributed by atoms with Crippen LogP contribution in [0.4, 0.5) is 10.2 Å². The number of terminal acetylenes is 1. The second-order valence-electron chi connectivity index (χ2n) is 11.4. The van der Waals surface area contributed by atoms with Crippen molar-refractivity contribution in [3.8, 4) is 29.6 Å². The zero-order chi connectivity index (χ0) is 26.5. The monoisotopic (exact) mass is 521 g/mol. The molecule has 7 heteroatoms. The van der Waals surface area contributed by atoms with E-state index in [2.05, 4.69) is 32.7 Å². The largest absolute Gasteiger partial charge is 0.462 e. The number of hydrogen-bond donors (Lipinski definition) is 0. The lowest BCUT2D eigenvalue weighted by molar-refractivity contribution is 0.188. The average molecular weight is 522 g/mol. The Labute approximate surface area is 228 Å². The van der Waals surface area contributed by atoms with Crippen LogP contribution in [0.5, 0.6) is 6.01 Å². The molecule has 0 N–H and O–H groups in total. The van der Waals surface area contributed by atoms with E-state index in [1.807, 2.05) is 36.4 Å². The van der Waals surface area contributed by atoms with Crippen LogP contribution in [0.2, 0.25) is 0 Å². The van der Waals surface area contributed by atoms with Crippen molar-refractivity contribution in [1.29, 1.82) is 0 Å². The number of anilines is 1. The van der Waals surface area contributed by atoms with Crippen LogP contribution in [0, 0.1) is 30.0 Å². The Balaban J connectivity index is 1.37. The topological polar surface area (TPSA) is 54.4 Å². The fourth-order valence-corrected chi connectivity index (χ4v) is 6.92. The molecule has 3 atom stereocenters. The van der Waals surface area contributed by atoms with Gasteiger partial charge in [0.15, 0.2) is 5.82 Å². The second-order valence-corrected chi connectivity index (χ2v) is 11.4. The van der Waals surface area contributed by atoms with Crippen molar-refractivity contribution in [2.75, 3.05) is 38.2 Å². The number of pyridine rings is 1. The summed E-state index contributed by atoms with van der Waals surface area (Å²) in [6, 6.07) is 12.1. The molecule has 39 heavy (non-hydrogen) atoms. The minimum Gasteiger partial charge on any atom is -0.462 e. The molecule has 1 saturated carbocycles. The maximum atomic E-state index is 16.5. The van der Waals surface area contributed by atoms with Gasteiger partial charge in [0.25, 0.3) is 0 Å². The van der Waals surface area contributed by atoms with E-state index in [1.54, 1.807) is 6.20 Å². The maximum absolute atomic E-state index is 16.5. The highest BCUT2D eigenvalue weighted by Crippen LogP contribution is 2.41. The van der Waals surface area contributed by atoms with E-state index < -0.39 is 5.82 Å². The van der Waals surface area contributed by atoms with Crippen LogP contribution in [-0.4, -0.2) is 59.2 Å². The number of hydrogen-bond acceptors (Lipinski definition) is 6. The molecule has 2 aliphatic heterocycles. The number of rotatable bonds is 5. The fourth-order valence-electron chi connectivity index (χ4n) is 6.92. The van der Waals surface area contributed by atoms with Crippen molar-refractivity contribution in [3.63, 3.8) is 0 Å². The van der Waals surface area contributed by atoms with Gasteiger partial charge < -0.3 is 14.5 Å². The summed E-state index contributed by atoms with van der Waals surface area (Å²) in [6.07, 6.45) is 13.5. The molecule has 2 bridgehead atoms. The molecule has 3 aliphatic rings. The van der Waals surface area contributed by atoms with Crippen LogP contribution in [0.1, 0.15) is 37.7 Å². The smallest absolute Gasteiger partial charge is 0.319 e. The van der Waals surface area contributed by atoms with Gasteiger partial charge in [0, 0.05) is 41.8 Å². The highest BCUT2D eigenvalue weighted by atomic mass is 19.1. The quantitative estimate of drug-likeness (QED) is 0.315. The minimum absolute atomic E-state index is 0.231. The Morgan fingerprint density at radius 2 is 1.87 bits per heavy atom. The molecule has 7 rings (SSSR count). The Kier molecular flexibility index (Phi) is 6.08. The van der Waals surface area contributed by atoms with E-state index in [9.17, 15) is 0 Å². The fraction of sp³-hybridized carbons (Fsp3) is 0.406. The van der Waals surface area contributed by atoms with Gasteiger partial charge in [-0.15, -0.1) is 6.42 Å². The maximum Gasteiger partial charge on any atom is 0.319 e. The lowest BCUT2D eigenvalue weighted by Crippen LogP contribution is -2.37. The first-order valence-electron chi connectivity index (χ1n) is 14.0. The highest BCUT2D eigenvalue weighted by molar-refractivity contribution is 6.02. The molecule has 3 fully saturated rings. The number of piperidine rings is 1. The number of nitrogens with zero attached hydrogens (tertiary/aromatic N) is 5. The van der Waals surface area contributed by atoms with Crippen LogP contribution < -0.4 is 9.64 Å². The Morgan fingerprint density at radius 3 is 2.62 bits per heavy atom. The van der Waals surface area contributed by atoms with E-state index in [-0.39, 0.29) is 17.2 Å². The molecule has 0 spiro atoms. The number of halogens is 1. The average Bonchev–Trinajstić information content (AvgIpc) is 3.54. The van der Waals surface area contributed by atoms with Crippen LogP contribution >= 0.6 is 0 Å². The molecular formula is C32H32FN5O. The van der Waals surface area contributed by atoms with Crippen LogP contribution in [0.15, 0.2) is 42.6 Å². The molecule has 4 aromatic rings. The van der Waals surface area contributed by atoms with Crippen molar-refractivity contribution < 1.29 is 9.13 Å². The van der Waals surface area contributed by atoms with Crippen molar-refractivity contribution in [2.24, 2.45) is 11.8 Å². The first kappa shape index (κ1) is 24.3. The summed E-state index contributed by atoms with van der Waals surface area (Å²) in [5.74, 6) is 4.31. The molecule has 3 unspecified atom stereocenters. The van der Waals surface area contributed by atoms with Crippen molar-refractivity contribution in [1.82, 2.24) is 19.9 Å². The predicted octanol–water partition coefficient (Wildman–Crippen LogP) is 5.67. The molecule has 2 saturated heterocycles. The molecular weight excluding hydrogens is 489 g/mol. The number of aromatic nitrogens is 3. The van der Waals surface area contributed by atoms with E-state index in [4.69, 9.17) is 16.1 Å². The second kappa shape index (κ2) is 9.77. The number of benzene rings is 2. The lowest BCUT2D eigenvalue weighted by atomic mass is 9.96. The van der Waals surface area contributed by atoms with Gasteiger partial charge in [-0.1, -0.05) is 36.3 Å². The van der Waals surface area contributed by atoms with Gasteiger partial charge in [-0.2, -0.15) is 9.97 Å². The third-order valence-corrected chi connectivity index (χ3v) is 8.94. The minimum atomic E-state index is -0.474. The highest BCUT2D eigenvalue weighted by Gasteiger charge is 2.35. The van der Waals surface area contributed by atoms with Gasteiger partial charge in [-0.25, -0.2) is 4.39 Å². The standard InChI is InChI=1S/C32H32FN5O/c1-3-22-7-4-8-23-9-5-11-25(27(22)23)29-28(33)30-26(16-34-29)31(38-17-20-12-13-21(15-20)18-38)36-32(35-30)39-19-24-10-6-14-37(24)2/h1,4-5,7-9,11,16,20-21,24H,6,10,12-15,17-19H2,2H3. The van der Waals surface area contributed by atoms with Crippen LogP contribution in [0.25, 0.3) is 32.9 Å². The summed E-state index contributed by atoms with van der Waals surface area (Å²) in [4.78, 5) is 18.8. The van der Waals surface area contributed by atoms with Crippen molar-refractivity contribution in [2.45, 2.75) is 38.1 Å². The molecule has 6 nitrogen and oxygen atoms in total. The molecule has 0 amide bonds. The number of ether oxygens (including phenoxy) is 1. The van der Waals surface area contributed by atoms with E-state index >= 15 is 4.39 Å². The van der Waals surface area contributed by atoms with Gasteiger partial charge in [0.2, 0.25) is 0 Å². The Hall–Kier alpha value is -3.76. The van der Waals surface area contributed by atoms with Crippen LogP contribution in [-0.2, 0) is 0 Å². The SMILES string of the molecule is C#Cc1cccc2cccc(-c3ncc4c(N5CC6CCC(C6)C5)nc(OCC5CCCN5C)nc4c3F)c12. The van der Waals surface area contributed by atoms with E-state index in [1.165, 1.54) is 19.3 Å². The molecule has 198 valence electrons. The molecule has 4 heterocycles. The van der Waals surface area contributed by atoms with Gasteiger partial charge in [-0.05, 0) is 69.0 Å². The molecule has 1 aliphatic carbocycles. The van der Waals surface area contributed by atoms with E-state index in [0.29, 0.717) is 41.0 Å². The predicted molar refractivity (Wildman–Crippen MR) is 152 cm³/mol. The number of fused-ring (bicyclic) bond motifs is 4. The first-order valence-corrected chi connectivity index (χ1v) is 14.0. The number of likely N-dealkylation sites (tertiary alicyclic amines) is 1. The summed E-state index contributed by atoms with van der Waals surface area (Å²) >= 11 is 0. The Bertz CT molecular complexity index is 1600. The summed E-state index contributed by atoms with van der Waals surface area (Å²) in [7, 11) is 2.11. The van der Waals surface area contributed by atoms with Crippen molar-refractivity contribution >= 4 is 27.5 Å². The van der Waals surface area contributed by atoms with Gasteiger partial charge in [0.05, 0.1) is 5.39 Å². The summed E-state index contributed by atoms with van der Waals surface area (Å²) in [6.45, 7) is 3.39. The first-order chi connectivity index (χ1) is 19.1. The van der Waals surface area contributed by atoms with E-state index in [0.717, 1.165) is 49.1 Å². The van der Waals surface area contributed by atoms with Crippen molar-refractivity contribution in [3.05, 3.63) is 54.0 Å². The van der Waals surface area contributed by atoms with Gasteiger partial charge >= 0.3 is 6.01 Å². The summed E-state index contributed by atoms with van der Waals surface area (Å²) in [5.41, 5.74) is 1.85. The third kappa shape index (κ3) is 4.28. The lowest BCUT2D eigenvalue weighted by Gasteiger charge is -2.33. The Morgan fingerprint density at radius 1 is 1.08 bits per heavy atom. The van der Waals surface area contributed by atoms with Gasteiger partial charge in [-0.3, -0.25) is 4.98 Å². The normalized spacial score (nSPS) is 23.0. The number of likely N-dealkylation sites (N-methyl/N-ethyl adjacent to an activating group) is 1. The van der Waals surface area contributed by atoms with Crippen LogP contribution in [0.3, 0.4) is 0 Å². The molecule has 0 radical (unpaired) electrons. The zero-order valence-electron chi connectivity index (χ0n) is 22.2. The molecule has 2 aromatic heterocycles. The zero-order valence-corrected chi connectivity index (χ0v) is 22.2. The summed E-state index contributed by atoms with van der Waals surface area (Å²) < 4.78 is 22.7.